The molecule has 4 heteroatoms. The van der Waals surface area contributed by atoms with Crippen LogP contribution in [0.3, 0.4) is 0 Å². The van der Waals surface area contributed by atoms with E-state index >= 15 is 0 Å². The lowest BCUT2D eigenvalue weighted by molar-refractivity contribution is 0.0371. The van der Waals surface area contributed by atoms with Crippen molar-refractivity contribution in [1.29, 1.82) is 0 Å². The van der Waals surface area contributed by atoms with Gasteiger partial charge in [-0.1, -0.05) is 0 Å². The van der Waals surface area contributed by atoms with Gasteiger partial charge in [-0.05, 0) is 19.9 Å². The maximum atomic E-state index is 11.2. The highest BCUT2D eigenvalue weighted by Crippen LogP contribution is 2.04. The fourth-order valence-corrected chi connectivity index (χ4v) is 0.875. The Morgan fingerprint density at radius 3 is 2.77 bits per heavy atom. The van der Waals surface area contributed by atoms with E-state index in [1.54, 1.807) is 13.8 Å². The van der Waals surface area contributed by atoms with Crippen LogP contribution in [-0.2, 0) is 4.74 Å². The minimum Gasteiger partial charge on any atom is -0.458 e. The number of aromatic nitrogens is 1. The molecule has 0 saturated heterocycles. The number of ether oxygens (including phenoxy) is 1. The topological polar surface area (TPSA) is 59.2 Å². The third kappa shape index (κ3) is 2.43. The first-order chi connectivity index (χ1) is 6.13. The summed E-state index contributed by atoms with van der Waals surface area (Å²) in [7, 11) is 0. The van der Waals surface area contributed by atoms with Gasteiger partial charge in [-0.2, -0.15) is 0 Å². The van der Waals surface area contributed by atoms with Gasteiger partial charge in [0, 0.05) is 11.8 Å². The molecule has 0 spiro atoms. The third-order valence-electron chi connectivity index (χ3n) is 1.40. The molecule has 13 heavy (non-hydrogen) atoms. The Morgan fingerprint density at radius 1 is 1.62 bits per heavy atom. The Kier molecular flexibility index (Phi) is 2.84. The number of aromatic amines is 1. The summed E-state index contributed by atoms with van der Waals surface area (Å²) in [4.78, 5) is 24.2. The van der Waals surface area contributed by atoms with E-state index < -0.39 is 5.97 Å². The lowest BCUT2D eigenvalue weighted by Crippen LogP contribution is -2.11. The fourth-order valence-electron chi connectivity index (χ4n) is 0.875. The fraction of sp³-hybridized carbons (Fsp3) is 0.333. The molecule has 0 atom stereocenters. The first kappa shape index (κ1) is 9.51. The first-order valence-corrected chi connectivity index (χ1v) is 3.98. The molecule has 0 unspecified atom stereocenters. The van der Waals surface area contributed by atoms with Crippen molar-refractivity contribution in [3.63, 3.8) is 0 Å². The molecular formula is C9H11NO3. The van der Waals surface area contributed by atoms with Crippen LogP contribution in [0.1, 0.15) is 34.7 Å². The summed E-state index contributed by atoms with van der Waals surface area (Å²) in [5.41, 5.74) is 0.742. The molecule has 1 rings (SSSR count). The number of hydrogen-bond acceptors (Lipinski definition) is 3. The van der Waals surface area contributed by atoms with E-state index in [9.17, 15) is 9.59 Å². The highest BCUT2D eigenvalue weighted by molar-refractivity contribution is 5.90. The Labute approximate surface area is 75.9 Å². The molecule has 1 heterocycles. The number of hydrogen-bond donors (Lipinski definition) is 1. The predicted octanol–water partition coefficient (Wildman–Crippen LogP) is 1.39. The monoisotopic (exact) mass is 181 g/mol. The number of rotatable bonds is 3. The molecule has 1 aromatic rings. The van der Waals surface area contributed by atoms with Crippen molar-refractivity contribution in [3.8, 4) is 0 Å². The zero-order valence-electron chi connectivity index (χ0n) is 7.53. The number of H-pyrrole nitrogens is 1. The number of aldehydes is 1. The molecule has 0 fully saturated rings. The Bertz CT molecular complexity index is 314. The van der Waals surface area contributed by atoms with Crippen molar-refractivity contribution < 1.29 is 14.3 Å². The van der Waals surface area contributed by atoms with Gasteiger partial charge in [0.2, 0.25) is 0 Å². The van der Waals surface area contributed by atoms with Gasteiger partial charge in [0.15, 0.2) is 6.29 Å². The smallest absolute Gasteiger partial charge is 0.355 e. The summed E-state index contributed by atoms with van der Waals surface area (Å²) >= 11 is 0. The second kappa shape index (κ2) is 3.89. The molecule has 0 aromatic carbocycles. The van der Waals surface area contributed by atoms with Crippen molar-refractivity contribution >= 4 is 12.3 Å². The SMILES string of the molecule is CC(C)OC(=O)c1cc(C=O)c[nH]1. The zero-order valence-corrected chi connectivity index (χ0v) is 7.53. The largest absolute Gasteiger partial charge is 0.458 e. The molecule has 0 aliphatic carbocycles. The van der Waals surface area contributed by atoms with E-state index in [2.05, 4.69) is 4.98 Å². The van der Waals surface area contributed by atoms with Crippen molar-refractivity contribution in [1.82, 2.24) is 4.98 Å². The van der Waals surface area contributed by atoms with E-state index in [0.29, 0.717) is 17.5 Å². The Hall–Kier alpha value is -1.58. The lowest BCUT2D eigenvalue weighted by atomic mass is 10.3. The molecule has 4 nitrogen and oxygen atoms in total. The quantitative estimate of drug-likeness (QED) is 0.566. The first-order valence-electron chi connectivity index (χ1n) is 3.98. The van der Waals surface area contributed by atoms with Gasteiger partial charge in [0.1, 0.15) is 5.69 Å². The summed E-state index contributed by atoms with van der Waals surface area (Å²) < 4.78 is 4.91. The van der Waals surface area contributed by atoms with Crippen LogP contribution in [0.25, 0.3) is 0 Å². The van der Waals surface area contributed by atoms with Gasteiger partial charge < -0.3 is 9.72 Å². The third-order valence-corrected chi connectivity index (χ3v) is 1.40. The Balaban J connectivity index is 2.71. The molecule has 0 saturated carbocycles. The molecular weight excluding hydrogens is 170 g/mol. The normalized spacial score (nSPS) is 10.1. The molecule has 70 valence electrons. The summed E-state index contributed by atoms with van der Waals surface area (Å²) in [6.45, 7) is 3.53. The van der Waals surface area contributed by atoms with Crippen LogP contribution in [0.4, 0.5) is 0 Å². The van der Waals surface area contributed by atoms with Crippen LogP contribution < -0.4 is 0 Å². The highest BCUT2D eigenvalue weighted by atomic mass is 16.5. The molecule has 1 N–H and O–H groups in total. The average molecular weight is 181 g/mol. The summed E-state index contributed by atoms with van der Waals surface area (Å²) in [5, 5.41) is 0. The molecule has 1 aromatic heterocycles. The van der Waals surface area contributed by atoms with Crippen molar-refractivity contribution in [2.75, 3.05) is 0 Å². The average Bonchev–Trinajstić information content (AvgIpc) is 2.50. The summed E-state index contributed by atoms with van der Waals surface area (Å²) in [5.74, 6) is -0.442. The minimum absolute atomic E-state index is 0.157. The second-order valence-electron chi connectivity index (χ2n) is 2.92. The number of carbonyl (C=O) groups is 2. The van der Waals surface area contributed by atoms with Crippen LogP contribution in [0.2, 0.25) is 0 Å². The van der Waals surface area contributed by atoms with E-state index in [1.165, 1.54) is 12.3 Å². The van der Waals surface area contributed by atoms with E-state index in [-0.39, 0.29) is 6.10 Å². The summed E-state index contributed by atoms with van der Waals surface area (Å²) in [6.07, 6.45) is 1.97. The number of nitrogens with one attached hydrogen (secondary N) is 1. The van der Waals surface area contributed by atoms with E-state index in [4.69, 9.17) is 4.74 Å². The minimum atomic E-state index is -0.442. The van der Waals surface area contributed by atoms with Gasteiger partial charge in [-0.15, -0.1) is 0 Å². The lowest BCUT2D eigenvalue weighted by Gasteiger charge is -2.05. The zero-order chi connectivity index (χ0) is 9.84. The van der Waals surface area contributed by atoms with Gasteiger partial charge in [-0.25, -0.2) is 4.79 Å². The maximum Gasteiger partial charge on any atom is 0.355 e. The number of esters is 1. The molecule has 0 aliphatic heterocycles. The van der Waals surface area contributed by atoms with Gasteiger partial charge in [-0.3, -0.25) is 4.79 Å². The maximum absolute atomic E-state index is 11.2. The van der Waals surface area contributed by atoms with Gasteiger partial charge in [0.25, 0.3) is 0 Å². The molecule has 0 radical (unpaired) electrons. The van der Waals surface area contributed by atoms with Crippen LogP contribution in [0.15, 0.2) is 12.3 Å². The summed E-state index contributed by atoms with van der Waals surface area (Å²) in [6, 6.07) is 1.46. The van der Waals surface area contributed by atoms with E-state index in [0.717, 1.165) is 0 Å². The van der Waals surface area contributed by atoms with Crippen molar-refractivity contribution in [3.05, 3.63) is 23.5 Å². The van der Waals surface area contributed by atoms with Crippen molar-refractivity contribution in [2.24, 2.45) is 0 Å². The molecule has 0 aliphatic rings. The highest BCUT2D eigenvalue weighted by Gasteiger charge is 2.10. The second-order valence-corrected chi connectivity index (χ2v) is 2.92. The number of carbonyl (C=O) groups excluding carboxylic acids is 2. The van der Waals surface area contributed by atoms with E-state index in [1.807, 2.05) is 0 Å². The molecule has 0 bridgehead atoms. The molecule has 0 amide bonds. The van der Waals surface area contributed by atoms with Gasteiger partial charge >= 0.3 is 5.97 Å². The van der Waals surface area contributed by atoms with Crippen molar-refractivity contribution in [2.45, 2.75) is 20.0 Å². The Morgan fingerprint density at radius 2 is 2.31 bits per heavy atom. The predicted molar refractivity (Wildman–Crippen MR) is 46.7 cm³/mol. The van der Waals surface area contributed by atoms with Crippen LogP contribution in [0, 0.1) is 0 Å². The van der Waals surface area contributed by atoms with Crippen LogP contribution >= 0.6 is 0 Å². The van der Waals surface area contributed by atoms with Crippen LogP contribution in [0.5, 0.6) is 0 Å². The standard InChI is InChI=1S/C9H11NO3/c1-6(2)13-9(12)8-3-7(5-11)4-10-8/h3-6,10H,1-2H3. The van der Waals surface area contributed by atoms with Crippen LogP contribution in [-0.4, -0.2) is 23.3 Å². The van der Waals surface area contributed by atoms with Gasteiger partial charge in [0.05, 0.1) is 6.10 Å².